The summed E-state index contributed by atoms with van der Waals surface area (Å²) >= 11 is 5.90. The molecule has 0 aromatic heterocycles. The fourth-order valence-corrected chi connectivity index (χ4v) is 2.15. The topological polar surface area (TPSA) is 92.5 Å². The molecule has 1 aromatic rings. The quantitative estimate of drug-likeness (QED) is 0.606. The van der Waals surface area contributed by atoms with Crippen molar-refractivity contribution < 1.29 is 14.4 Å². The lowest BCUT2D eigenvalue weighted by Crippen LogP contribution is -2.40. The van der Waals surface area contributed by atoms with Gasteiger partial charge in [0.05, 0.1) is 17.0 Å². The number of hydrogen-bond donors (Lipinski definition) is 2. The number of nitrogens with one attached hydrogen (secondary N) is 1. The molecule has 0 radical (unpaired) electrons. The Bertz CT molecular complexity index is 553. The molecule has 1 unspecified atom stereocenters. The van der Waals surface area contributed by atoms with E-state index in [9.17, 15) is 14.4 Å². The van der Waals surface area contributed by atoms with Crippen molar-refractivity contribution in [2.45, 2.75) is 12.5 Å². The van der Waals surface area contributed by atoms with Crippen LogP contribution in [0.4, 0.5) is 5.69 Å². The van der Waals surface area contributed by atoms with E-state index in [0.717, 1.165) is 4.90 Å². The van der Waals surface area contributed by atoms with E-state index in [-0.39, 0.29) is 28.6 Å². The van der Waals surface area contributed by atoms with Gasteiger partial charge in [0, 0.05) is 12.7 Å². The van der Waals surface area contributed by atoms with Crippen molar-refractivity contribution in [3.63, 3.8) is 0 Å². The molecule has 0 spiro atoms. The fourth-order valence-electron chi connectivity index (χ4n) is 1.88. The summed E-state index contributed by atoms with van der Waals surface area (Å²) in [6.45, 7) is 0. The highest BCUT2D eigenvalue weighted by molar-refractivity contribution is 6.34. The van der Waals surface area contributed by atoms with Gasteiger partial charge in [0.25, 0.3) is 11.8 Å². The molecule has 0 aliphatic carbocycles. The van der Waals surface area contributed by atoms with E-state index in [2.05, 4.69) is 5.32 Å². The molecule has 1 saturated heterocycles. The van der Waals surface area contributed by atoms with Crippen LogP contribution in [0.3, 0.4) is 0 Å². The number of nitrogens with two attached hydrogens (primary N) is 1. The molecule has 1 aliphatic heterocycles. The van der Waals surface area contributed by atoms with Gasteiger partial charge in [-0.3, -0.25) is 19.3 Å². The number of rotatable bonds is 2. The van der Waals surface area contributed by atoms with E-state index in [0.29, 0.717) is 0 Å². The first kappa shape index (κ1) is 13.4. The number of halogens is 1. The van der Waals surface area contributed by atoms with Gasteiger partial charge < -0.3 is 11.1 Å². The SMILES string of the molecule is CN1C(=O)CC(NC(=O)c2c(N)cccc2Cl)C1=O. The summed E-state index contributed by atoms with van der Waals surface area (Å²) in [5.74, 6) is -1.34. The first-order chi connectivity index (χ1) is 8.91. The molecule has 3 N–H and O–H groups in total. The highest BCUT2D eigenvalue weighted by Gasteiger charge is 2.37. The second kappa shape index (κ2) is 4.89. The summed E-state index contributed by atoms with van der Waals surface area (Å²) in [7, 11) is 1.38. The van der Waals surface area contributed by atoms with Gasteiger partial charge in [-0.05, 0) is 12.1 Å². The van der Waals surface area contributed by atoms with Crippen molar-refractivity contribution in [3.05, 3.63) is 28.8 Å². The lowest BCUT2D eigenvalue weighted by Gasteiger charge is -2.13. The van der Waals surface area contributed by atoms with Crippen molar-refractivity contribution in [1.29, 1.82) is 0 Å². The van der Waals surface area contributed by atoms with Gasteiger partial charge in [0.15, 0.2) is 0 Å². The van der Waals surface area contributed by atoms with Crippen molar-refractivity contribution in [1.82, 2.24) is 10.2 Å². The van der Waals surface area contributed by atoms with Crippen LogP contribution in [0.5, 0.6) is 0 Å². The average molecular weight is 282 g/mol. The maximum absolute atomic E-state index is 12.0. The molecule has 3 amide bonds. The maximum atomic E-state index is 12.0. The van der Waals surface area contributed by atoms with Gasteiger partial charge in [-0.2, -0.15) is 0 Å². The Balaban J connectivity index is 2.19. The van der Waals surface area contributed by atoms with Gasteiger partial charge in [-0.1, -0.05) is 17.7 Å². The number of hydrogen-bond acceptors (Lipinski definition) is 4. The minimum absolute atomic E-state index is 0.0502. The Hall–Kier alpha value is -2.08. The zero-order valence-electron chi connectivity index (χ0n) is 10.1. The number of anilines is 1. The van der Waals surface area contributed by atoms with Crippen LogP contribution >= 0.6 is 11.6 Å². The Kier molecular flexibility index (Phi) is 3.44. The summed E-state index contributed by atoms with van der Waals surface area (Å²) in [5.41, 5.74) is 6.01. The lowest BCUT2D eigenvalue weighted by atomic mass is 10.1. The van der Waals surface area contributed by atoms with Crippen LogP contribution in [0.1, 0.15) is 16.8 Å². The Morgan fingerprint density at radius 3 is 2.68 bits per heavy atom. The van der Waals surface area contributed by atoms with Gasteiger partial charge in [-0.15, -0.1) is 0 Å². The van der Waals surface area contributed by atoms with Gasteiger partial charge in [-0.25, -0.2) is 0 Å². The van der Waals surface area contributed by atoms with E-state index in [1.165, 1.54) is 19.2 Å². The number of benzene rings is 1. The van der Waals surface area contributed by atoms with E-state index >= 15 is 0 Å². The van der Waals surface area contributed by atoms with Gasteiger partial charge in [0.1, 0.15) is 6.04 Å². The van der Waals surface area contributed by atoms with Crippen LogP contribution in [-0.4, -0.2) is 35.7 Å². The molecular formula is C12H12ClN3O3. The van der Waals surface area contributed by atoms with Crippen LogP contribution in [0.15, 0.2) is 18.2 Å². The smallest absolute Gasteiger partial charge is 0.255 e. The molecular weight excluding hydrogens is 270 g/mol. The van der Waals surface area contributed by atoms with Crippen LogP contribution in [0, 0.1) is 0 Å². The number of amides is 3. The van der Waals surface area contributed by atoms with E-state index in [1.54, 1.807) is 6.07 Å². The molecule has 2 rings (SSSR count). The largest absolute Gasteiger partial charge is 0.398 e. The third-order valence-corrected chi connectivity index (χ3v) is 3.27. The summed E-state index contributed by atoms with van der Waals surface area (Å²) in [6, 6.07) is 3.82. The minimum Gasteiger partial charge on any atom is -0.398 e. The highest BCUT2D eigenvalue weighted by atomic mass is 35.5. The molecule has 19 heavy (non-hydrogen) atoms. The summed E-state index contributed by atoms with van der Waals surface area (Å²) in [5, 5.41) is 2.67. The Labute approximate surface area is 114 Å². The molecule has 1 heterocycles. The van der Waals surface area contributed by atoms with Crippen molar-refractivity contribution in [3.8, 4) is 0 Å². The molecule has 1 aliphatic rings. The number of nitrogen functional groups attached to an aromatic ring is 1. The molecule has 1 atom stereocenters. The second-order valence-electron chi connectivity index (χ2n) is 4.23. The molecule has 6 nitrogen and oxygen atoms in total. The van der Waals surface area contributed by atoms with Crippen molar-refractivity contribution >= 4 is 35.0 Å². The molecule has 0 saturated carbocycles. The minimum atomic E-state index is -0.860. The predicted octanol–water partition coefficient (Wildman–Crippen LogP) is 0.409. The third-order valence-electron chi connectivity index (χ3n) is 2.96. The van der Waals surface area contributed by atoms with Crippen LogP contribution in [-0.2, 0) is 9.59 Å². The molecule has 1 fully saturated rings. The second-order valence-corrected chi connectivity index (χ2v) is 4.63. The number of likely N-dealkylation sites (N-methyl/N-ethyl adjacent to an activating group) is 1. The Morgan fingerprint density at radius 1 is 1.47 bits per heavy atom. The summed E-state index contributed by atoms with van der Waals surface area (Å²) in [4.78, 5) is 36.1. The normalized spacial score (nSPS) is 18.8. The van der Waals surface area contributed by atoms with Crippen LogP contribution < -0.4 is 11.1 Å². The van der Waals surface area contributed by atoms with Crippen molar-refractivity contribution in [2.75, 3.05) is 12.8 Å². The van der Waals surface area contributed by atoms with E-state index in [4.69, 9.17) is 17.3 Å². The monoisotopic (exact) mass is 281 g/mol. The summed E-state index contributed by atoms with van der Waals surface area (Å²) in [6.07, 6.45) is -0.0502. The summed E-state index contributed by atoms with van der Waals surface area (Å²) < 4.78 is 0. The van der Waals surface area contributed by atoms with Crippen LogP contribution in [0.2, 0.25) is 5.02 Å². The van der Waals surface area contributed by atoms with Gasteiger partial charge in [0.2, 0.25) is 5.91 Å². The third kappa shape index (κ3) is 2.39. The molecule has 0 bridgehead atoms. The lowest BCUT2D eigenvalue weighted by molar-refractivity contribution is -0.137. The van der Waals surface area contributed by atoms with E-state index in [1.807, 2.05) is 0 Å². The predicted molar refractivity (Wildman–Crippen MR) is 69.5 cm³/mol. The van der Waals surface area contributed by atoms with Crippen LogP contribution in [0.25, 0.3) is 0 Å². The number of carbonyl (C=O) groups is 3. The van der Waals surface area contributed by atoms with Gasteiger partial charge >= 0.3 is 0 Å². The Morgan fingerprint density at radius 2 is 2.16 bits per heavy atom. The first-order valence-corrected chi connectivity index (χ1v) is 5.95. The number of likely N-dealkylation sites (tertiary alicyclic amines) is 1. The highest BCUT2D eigenvalue weighted by Crippen LogP contribution is 2.22. The number of imide groups is 1. The zero-order valence-corrected chi connectivity index (χ0v) is 10.9. The molecule has 100 valence electrons. The number of nitrogens with zero attached hydrogens (tertiary/aromatic N) is 1. The first-order valence-electron chi connectivity index (χ1n) is 5.57. The van der Waals surface area contributed by atoms with Crippen molar-refractivity contribution in [2.24, 2.45) is 0 Å². The maximum Gasteiger partial charge on any atom is 0.255 e. The number of carbonyl (C=O) groups excluding carboxylic acids is 3. The molecule has 1 aromatic carbocycles. The van der Waals surface area contributed by atoms with E-state index < -0.39 is 17.9 Å². The average Bonchev–Trinajstić information content (AvgIpc) is 2.57. The zero-order chi connectivity index (χ0) is 14.2. The standard InChI is InChI=1S/C12H12ClN3O3/c1-16-9(17)5-8(12(16)19)15-11(18)10-6(13)3-2-4-7(10)14/h2-4,8H,5,14H2,1H3,(H,15,18). The fraction of sp³-hybridized carbons (Fsp3) is 0.250. The molecule has 7 heteroatoms.